The van der Waals surface area contributed by atoms with E-state index in [2.05, 4.69) is 5.32 Å². The second-order valence-corrected chi connectivity index (χ2v) is 4.41. The summed E-state index contributed by atoms with van der Waals surface area (Å²) in [7, 11) is 1.62. The zero-order valence-corrected chi connectivity index (χ0v) is 9.23. The van der Waals surface area contributed by atoms with Gasteiger partial charge in [0.15, 0.2) is 0 Å². The van der Waals surface area contributed by atoms with Crippen molar-refractivity contribution in [2.75, 3.05) is 20.2 Å². The molecule has 1 unspecified atom stereocenters. The maximum Gasteiger partial charge on any atom is 0.329 e. The fourth-order valence-corrected chi connectivity index (χ4v) is 1.91. The maximum absolute atomic E-state index is 11.8. The number of hydrogen-bond acceptors (Lipinski definition) is 3. The van der Waals surface area contributed by atoms with Gasteiger partial charge in [-0.3, -0.25) is 0 Å². The number of carbonyl (C=O) groups is 2. The van der Waals surface area contributed by atoms with Crippen LogP contribution in [0.5, 0.6) is 0 Å². The van der Waals surface area contributed by atoms with Crippen molar-refractivity contribution in [1.29, 1.82) is 0 Å². The van der Waals surface area contributed by atoms with Gasteiger partial charge >= 0.3 is 12.0 Å². The van der Waals surface area contributed by atoms with Gasteiger partial charge in [-0.1, -0.05) is 0 Å². The summed E-state index contributed by atoms with van der Waals surface area (Å²) < 4.78 is 5.15. The highest BCUT2D eigenvalue weighted by Crippen LogP contribution is 2.35. The topological polar surface area (TPSA) is 78.9 Å². The molecule has 0 spiro atoms. The molecule has 2 N–H and O–H groups in total. The van der Waals surface area contributed by atoms with E-state index in [4.69, 9.17) is 9.84 Å². The van der Waals surface area contributed by atoms with Crippen LogP contribution in [0.2, 0.25) is 0 Å². The molecule has 1 atom stereocenters. The lowest BCUT2D eigenvalue weighted by atomic mass is 10.3. The highest BCUT2D eigenvalue weighted by atomic mass is 16.5. The highest BCUT2D eigenvalue weighted by Gasteiger charge is 2.52. The van der Waals surface area contributed by atoms with Crippen molar-refractivity contribution in [2.24, 2.45) is 0 Å². The van der Waals surface area contributed by atoms with Crippen LogP contribution in [0.3, 0.4) is 0 Å². The molecule has 0 radical (unpaired) electrons. The van der Waals surface area contributed by atoms with Crippen LogP contribution < -0.4 is 5.32 Å². The third kappa shape index (κ3) is 1.97. The normalized spacial score (nSPS) is 26.6. The number of ether oxygens (including phenoxy) is 1. The van der Waals surface area contributed by atoms with Gasteiger partial charge in [-0.25, -0.2) is 9.59 Å². The van der Waals surface area contributed by atoms with Gasteiger partial charge in [0.2, 0.25) is 0 Å². The minimum absolute atomic E-state index is 0.0748. The van der Waals surface area contributed by atoms with Crippen LogP contribution in [0.4, 0.5) is 4.79 Å². The minimum atomic E-state index is -0.998. The van der Waals surface area contributed by atoms with Crippen molar-refractivity contribution in [2.45, 2.75) is 30.9 Å². The monoisotopic (exact) mass is 228 g/mol. The number of likely N-dealkylation sites (tertiary alicyclic amines) is 1. The summed E-state index contributed by atoms with van der Waals surface area (Å²) in [6.45, 7) is 1.16. The molecule has 1 saturated heterocycles. The lowest BCUT2D eigenvalue weighted by molar-refractivity contribution is -0.140. The number of carboxylic acids is 1. The molecule has 2 amide bonds. The zero-order chi connectivity index (χ0) is 11.8. The van der Waals surface area contributed by atoms with Crippen molar-refractivity contribution in [1.82, 2.24) is 10.2 Å². The van der Waals surface area contributed by atoms with Gasteiger partial charge in [0.25, 0.3) is 0 Å². The molecule has 16 heavy (non-hydrogen) atoms. The van der Waals surface area contributed by atoms with E-state index in [-0.39, 0.29) is 12.1 Å². The number of carbonyl (C=O) groups excluding carboxylic acids is 1. The standard InChI is InChI=1S/C10H16N2O4/c1-16-7-2-5-12(6-7)9(15)11-10(3-4-10)8(13)14/h7H,2-6H2,1H3,(H,11,15)(H,13,14). The van der Waals surface area contributed by atoms with Gasteiger partial charge in [-0.05, 0) is 19.3 Å². The molecule has 0 aromatic rings. The SMILES string of the molecule is COC1CCN(C(=O)NC2(C(=O)O)CC2)C1. The number of nitrogens with one attached hydrogen (secondary N) is 1. The summed E-state index contributed by atoms with van der Waals surface area (Å²) in [5.41, 5.74) is -0.998. The molecular weight excluding hydrogens is 212 g/mol. The maximum atomic E-state index is 11.8. The Hall–Kier alpha value is -1.30. The van der Waals surface area contributed by atoms with Crippen LogP contribution in [-0.2, 0) is 9.53 Å². The molecule has 6 nitrogen and oxygen atoms in total. The Morgan fingerprint density at radius 1 is 1.50 bits per heavy atom. The highest BCUT2D eigenvalue weighted by molar-refractivity contribution is 5.89. The van der Waals surface area contributed by atoms with Gasteiger partial charge in [0.1, 0.15) is 5.54 Å². The average Bonchev–Trinajstić information content (AvgIpc) is 2.88. The van der Waals surface area contributed by atoms with E-state index < -0.39 is 11.5 Å². The van der Waals surface area contributed by atoms with Gasteiger partial charge in [-0.15, -0.1) is 0 Å². The Kier molecular flexibility index (Phi) is 2.75. The first kappa shape index (κ1) is 11.2. The van der Waals surface area contributed by atoms with Crippen molar-refractivity contribution in [3.8, 4) is 0 Å². The molecule has 0 aromatic heterocycles. The quantitative estimate of drug-likeness (QED) is 0.714. The molecule has 1 saturated carbocycles. The number of methoxy groups -OCH3 is 1. The molecule has 2 aliphatic rings. The molecular formula is C10H16N2O4. The number of nitrogens with zero attached hydrogens (tertiary/aromatic N) is 1. The van der Waals surface area contributed by atoms with Gasteiger partial charge in [0, 0.05) is 20.2 Å². The first-order valence-electron chi connectivity index (χ1n) is 5.41. The molecule has 90 valence electrons. The Morgan fingerprint density at radius 2 is 2.19 bits per heavy atom. The smallest absolute Gasteiger partial charge is 0.329 e. The predicted octanol–water partition coefficient (Wildman–Crippen LogP) is 0.0339. The van der Waals surface area contributed by atoms with E-state index in [0.29, 0.717) is 25.9 Å². The molecule has 0 bridgehead atoms. The van der Waals surface area contributed by atoms with Crippen LogP contribution in [0.1, 0.15) is 19.3 Å². The Morgan fingerprint density at radius 3 is 2.62 bits per heavy atom. The average molecular weight is 228 g/mol. The Bertz CT molecular complexity index is 314. The van der Waals surface area contributed by atoms with E-state index in [1.807, 2.05) is 0 Å². The van der Waals surface area contributed by atoms with Crippen LogP contribution in [0, 0.1) is 0 Å². The fourth-order valence-electron chi connectivity index (χ4n) is 1.91. The number of carboxylic acid groups (broad SMARTS) is 1. The number of aliphatic carboxylic acids is 1. The lowest BCUT2D eigenvalue weighted by Gasteiger charge is -2.20. The molecule has 1 heterocycles. The van der Waals surface area contributed by atoms with E-state index in [1.54, 1.807) is 12.0 Å². The Balaban J connectivity index is 1.87. The van der Waals surface area contributed by atoms with E-state index in [1.165, 1.54) is 0 Å². The molecule has 2 fully saturated rings. The van der Waals surface area contributed by atoms with E-state index in [9.17, 15) is 9.59 Å². The summed E-state index contributed by atoms with van der Waals surface area (Å²) >= 11 is 0. The minimum Gasteiger partial charge on any atom is -0.480 e. The number of urea groups is 1. The fraction of sp³-hybridized carbons (Fsp3) is 0.800. The predicted molar refractivity (Wildman–Crippen MR) is 55.1 cm³/mol. The summed E-state index contributed by atoms with van der Waals surface area (Å²) in [5, 5.41) is 11.5. The Labute approximate surface area is 93.6 Å². The van der Waals surface area contributed by atoms with Crippen molar-refractivity contribution < 1.29 is 19.4 Å². The summed E-state index contributed by atoms with van der Waals surface area (Å²) in [5.74, 6) is -0.941. The van der Waals surface area contributed by atoms with Crippen LogP contribution in [0.25, 0.3) is 0 Å². The molecule has 1 aliphatic carbocycles. The van der Waals surface area contributed by atoms with Gasteiger partial charge in [-0.2, -0.15) is 0 Å². The second-order valence-electron chi connectivity index (χ2n) is 4.41. The number of hydrogen-bond donors (Lipinski definition) is 2. The lowest BCUT2D eigenvalue weighted by Crippen LogP contribution is -2.49. The third-order valence-electron chi connectivity index (χ3n) is 3.27. The third-order valence-corrected chi connectivity index (χ3v) is 3.27. The number of amides is 2. The summed E-state index contributed by atoms with van der Waals surface area (Å²) in [6.07, 6.45) is 1.93. The van der Waals surface area contributed by atoms with Crippen molar-refractivity contribution >= 4 is 12.0 Å². The molecule has 1 aliphatic heterocycles. The number of rotatable bonds is 3. The zero-order valence-electron chi connectivity index (χ0n) is 9.23. The summed E-state index contributed by atoms with van der Waals surface area (Å²) in [4.78, 5) is 24.3. The summed E-state index contributed by atoms with van der Waals surface area (Å²) in [6, 6.07) is -0.292. The van der Waals surface area contributed by atoms with Gasteiger partial charge < -0.3 is 20.1 Å². The van der Waals surface area contributed by atoms with Gasteiger partial charge in [0.05, 0.1) is 6.10 Å². The van der Waals surface area contributed by atoms with Crippen LogP contribution in [-0.4, -0.2) is 53.8 Å². The first-order chi connectivity index (χ1) is 7.57. The van der Waals surface area contributed by atoms with Crippen molar-refractivity contribution in [3.63, 3.8) is 0 Å². The van der Waals surface area contributed by atoms with Crippen LogP contribution in [0.15, 0.2) is 0 Å². The van der Waals surface area contributed by atoms with Crippen LogP contribution >= 0.6 is 0 Å². The largest absolute Gasteiger partial charge is 0.480 e. The van der Waals surface area contributed by atoms with E-state index in [0.717, 1.165) is 6.42 Å². The van der Waals surface area contributed by atoms with Crippen molar-refractivity contribution in [3.05, 3.63) is 0 Å². The molecule has 6 heteroatoms. The molecule has 0 aromatic carbocycles. The first-order valence-corrected chi connectivity index (χ1v) is 5.41. The second kappa shape index (κ2) is 3.93. The van der Waals surface area contributed by atoms with E-state index >= 15 is 0 Å². The molecule has 2 rings (SSSR count).